The molecule has 5 nitrogen and oxygen atoms in total. The lowest BCUT2D eigenvalue weighted by Gasteiger charge is -2.18. The lowest BCUT2D eigenvalue weighted by Crippen LogP contribution is -2.36. The van der Waals surface area contributed by atoms with E-state index in [0.29, 0.717) is 32.0 Å². The molecule has 1 fully saturated rings. The zero-order valence-corrected chi connectivity index (χ0v) is 18.1. The van der Waals surface area contributed by atoms with Crippen LogP contribution >= 0.6 is 0 Å². The number of nitrogens with zero attached hydrogens (tertiary/aromatic N) is 1. The highest BCUT2D eigenvalue weighted by molar-refractivity contribution is 5.84. The molecule has 2 aromatic rings. The van der Waals surface area contributed by atoms with Crippen LogP contribution in [-0.2, 0) is 16.0 Å². The van der Waals surface area contributed by atoms with Crippen LogP contribution in [0.2, 0.25) is 0 Å². The van der Waals surface area contributed by atoms with Gasteiger partial charge in [-0.1, -0.05) is 56.3 Å². The molecule has 1 N–H and O–H groups in total. The van der Waals surface area contributed by atoms with Gasteiger partial charge in [-0.3, -0.25) is 9.59 Å². The maximum absolute atomic E-state index is 13.0. The van der Waals surface area contributed by atoms with E-state index < -0.39 is 0 Å². The SMILES string of the molecule is COc1ccc(C2CN(C(=O)Cc3ccccc3)CC2C(=O)NCCC(C)C)cc1. The highest BCUT2D eigenvalue weighted by atomic mass is 16.5. The summed E-state index contributed by atoms with van der Waals surface area (Å²) < 4.78 is 5.26. The van der Waals surface area contributed by atoms with Crippen LogP contribution in [0, 0.1) is 11.8 Å². The molecule has 2 amide bonds. The minimum Gasteiger partial charge on any atom is -0.497 e. The van der Waals surface area contributed by atoms with E-state index in [1.54, 1.807) is 7.11 Å². The Morgan fingerprint density at radius 3 is 2.40 bits per heavy atom. The Hall–Kier alpha value is -2.82. The number of nitrogens with one attached hydrogen (secondary N) is 1. The Morgan fingerprint density at radius 1 is 1.07 bits per heavy atom. The maximum Gasteiger partial charge on any atom is 0.227 e. The van der Waals surface area contributed by atoms with Gasteiger partial charge in [0.1, 0.15) is 5.75 Å². The summed E-state index contributed by atoms with van der Waals surface area (Å²) in [5, 5.41) is 3.09. The summed E-state index contributed by atoms with van der Waals surface area (Å²) in [4.78, 5) is 27.8. The number of rotatable bonds is 8. The van der Waals surface area contributed by atoms with Gasteiger partial charge in [0.05, 0.1) is 19.4 Å². The molecule has 2 aromatic carbocycles. The van der Waals surface area contributed by atoms with Gasteiger partial charge in [-0.05, 0) is 35.6 Å². The summed E-state index contributed by atoms with van der Waals surface area (Å²) >= 11 is 0. The standard InChI is InChI=1S/C25H32N2O3/c1-18(2)13-14-26-25(29)23-17-27(24(28)15-19-7-5-4-6-8-19)16-22(23)20-9-11-21(30-3)12-10-20/h4-12,18,22-23H,13-17H2,1-3H3,(H,26,29). The van der Waals surface area contributed by atoms with Crippen molar-refractivity contribution < 1.29 is 14.3 Å². The number of amides is 2. The van der Waals surface area contributed by atoms with Crippen molar-refractivity contribution in [3.63, 3.8) is 0 Å². The molecule has 0 saturated carbocycles. The number of hydrogen-bond donors (Lipinski definition) is 1. The van der Waals surface area contributed by atoms with Gasteiger partial charge in [0.15, 0.2) is 0 Å². The van der Waals surface area contributed by atoms with Crippen LogP contribution in [0.15, 0.2) is 54.6 Å². The normalized spacial score (nSPS) is 18.5. The predicted molar refractivity (Wildman–Crippen MR) is 118 cm³/mol. The van der Waals surface area contributed by atoms with E-state index in [1.165, 1.54) is 0 Å². The molecule has 0 bridgehead atoms. The van der Waals surface area contributed by atoms with Crippen molar-refractivity contribution in [3.05, 3.63) is 65.7 Å². The van der Waals surface area contributed by atoms with Crippen LogP contribution in [0.4, 0.5) is 0 Å². The molecule has 2 unspecified atom stereocenters. The number of ether oxygens (including phenoxy) is 1. The van der Waals surface area contributed by atoms with Crippen molar-refractivity contribution in [3.8, 4) is 5.75 Å². The lowest BCUT2D eigenvalue weighted by atomic mass is 9.88. The predicted octanol–water partition coefficient (Wildman–Crippen LogP) is 3.64. The molecule has 0 radical (unpaired) electrons. The Kier molecular flexibility index (Phi) is 7.50. The molecule has 1 aliphatic rings. The average molecular weight is 409 g/mol. The van der Waals surface area contributed by atoms with Gasteiger partial charge in [0.25, 0.3) is 0 Å². The second-order valence-electron chi connectivity index (χ2n) is 8.42. The number of methoxy groups -OCH3 is 1. The van der Waals surface area contributed by atoms with Crippen LogP contribution in [0.1, 0.15) is 37.3 Å². The monoisotopic (exact) mass is 408 g/mol. The quantitative estimate of drug-likeness (QED) is 0.725. The van der Waals surface area contributed by atoms with Crippen molar-refractivity contribution >= 4 is 11.8 Å². The van der Waals surface area contributed by atoms with E-state index in [2.05, 4.69) is 19.2 Å². The second-order valence-corrected chi connectivity index (χ2v) is 8.42. The van der Waals surface area contributed by atoms with Crippen molar-refractivity contribution in [2.24, 2.45) is 11.8 Å². The summed E-state index contributed by atoms with van der Waals surface area (Å²) in [6, 6.07) is 17.6. The first-order chi connectivity index (χ1) is 14.5. The Morgan fingerprint density at radius 2 is 1.77 bits per heavy atom. The Balaban J connectivity index is 1.74. The molecule has 3 rings (SSSR count). The molecular formula is C25H32N2O3. The first-order valence-corrected chi connectivity index (χ1v) is 10.7. The van der Waals surface area contributed by atoms with E-state index in [0.717, 1.165) is 23.3 Å². The zero-order valence-electron chi connectivity index (χ0n) is 18.1. The molecule has 30 heavy (non-hydrogen) atoms. The molecule has 5 heteroatoms. The van der Waals surface area contributed by atoms with Gasteiger partial charge < -0.3 is 15.0 Å². The van der Waals surface area contributed by atoms with E-state index in [1.807, 2.05) is 59.5 Å². The van der Waals surface area contributed by atoms with Crippen molar-refractivity contribution in [2.45, 2.75) is 32.6 Å². The van der Waals surface area contributed by atoms with E-state index in [9.17, 15) is 9.59 Å². The van der Waals surface area contributed by atoms with E-state index in [4.69, 9.17) is 4.74 Å². The topological polar surface area (TPSA) is 58.6 Å². The van der Waals surface area contributed by atoms with Crippen molar-refractivity contribution in [1.29, 1.82) is 0 Å². The van der Waals surface area contributed by atoms with Gasteiger partial charge in [-0.25, -0.2) is 0 Å². The first kappa shape index (κ1) is 21.9. The molecule has 0 aromatic heterocycles. The maximum atomic E-state index is 13.0. The van der Waals surface area contributed by atoms with Crippen molar-refractivity contribution in [2.75, 3.05) is 26.7 Å². The van der Waals surface area contributed by atoms with Crippen LogP contribution in [0.25, 0.3) is 0 Å². The van der Waals surface area contributed by atoms with Gasteiger partial charge in [-0.15, -0.1) is 0 Å². The summed E-state index contributed by atoms with van der Waals surface area (Å²) in [7, 11) is 1.64. The highest BCUT2D eigenvalue weighted by Gasteiger charge is 2.40. The second kappa shape index (κ2) is 10.3. The molecule has 1 aliphatic heterocycles. The molecule has 1 heterocycles. The smallest absolute Gasteiger partial charge is 0.227 e. The summed E-state index contributed by atoms with van der Waals surface area (Å²) in [5.74, 6) is 1.16. The highest BCUT2D eigenvalue weighted by Crippen LogP contribution is 2.34. The molecule has 2 atom stereocenters. The fourth-order valence-corrected chi connectivity index (χ4v) is 3.96. The fraction of sp³-hybridized carbons (Fsp3) is 0.440. The fourth-order valence-electron chi connectivity index (χ4n) is 3.96. The van der Waals surface area contributed by atoms with E-state index >= 15 is 0 Å². The van der Waals surface area contributed by atoms with E-state index in [-0.39, 0.29) is 23.7 Å². The zero-order chi connectivity index (χ0) is 21.5. The van der Waals surface area contributed by atoms with Gasteiger partial charge in [0, 0.05) is 25.6 Å². The number of carbonyl (C=O) groups excluding carboxylic acids is 2. The van der Waals surface area contributed by atoms with Crippen LogP contribution in [-0.4, -0.2) is 43.5 Å². The van der Waals surface area contributed by atoms with Gasteiger partial charge in [-0.2, -0.15) is 0 Å². The summed E-state index contributed by atoms with van der Waals surface area (Å²) in [6.07, 6.45) is 1.31. The summed E-state index contributed by atoms with van der Waals surface area (Å²) in [5.41, 5.74) is 2.06. The molecule has 160 valence electrons. The van der Waals surface area contributed by atoms with Crippen LogP contribution in [0.3, 0.4) is 0 Å². The average Bonchev–Trinajstić information content (AvgIpc) is 3.20. The van der Waals surface area contributed by atoms with Gasteiger partial charge >= 0.3 is 0 Å². The first-order valence-electron chi connectivity index (χ1n) is 10.7. The molecule has 0 spiro atoms. The molecule has 1 saturated heterocycles. The van der Waals surface area contributed by atoms with Crippen molar-refractivity contribution in [1.82, 2.24) is 10.2 Å². The number of hydrogen-bond acceptors (Lipinski definition) is 3. The largest absolute Gasteiger partial charge is 0.497 e. The molecular weight excluding hydrogens is 376 g/mol. The lowest BCUT2D eigenvalue weighted by molar-refractivity contribution is -0.130. The Bertz CT molecular complexity index is 833. The third-order valence-electron chi connectivity index (χ3n) is 5.77. The molecule has 0 aliphatic carbocycles. The number of benzene rings is 2. The third-order valence-corrected chi connectivity index (χ3v) is 5.77. The number of carbonyl (C=O) groups is 2. The minimum atomic E-state index is -0.245. The van der Waals surface area contributed by atoms with Crippen LogP contribution < -0.4 is 10.1 Å². The third kappa shape index (κ3) is 5.62. The minimum absolute atomic E-state index is 0.0188. The van der Waals surface area contributed by atoms with Crippen LogP contribution in [0.5, 0.6) is 5.75 Å². The number of likely N-dealkylation sites (tertiary alicyclic amines) is 1. The van der Waals surface area contributed by atoms with Gasteiger partial charge in [0.2, 0.25) is 11.8 Å². The summed E-state index contributed by atoms with van der Waals surface area (Å²) in [6.45, 7) is 5.97. The Labute approximate surface area is 179 Å².